The highest BCUT2D eigenvalue weighted by atomic mass is 79.9. The van der Waals surface area contributed by atoms with Crippen molar-refractivity contribution in [2.24, 2.45) is 17.3 Å². The Bertz CT molecular complexity index is 679. The lowest BCUT2D eigenvalue weighted by molar-refractivity contribution is -0.229. The molecule has 2 heterocycles. The van der Waals surface area contributed by atoms with Gasteiger partial charge in [-0.05, 0) is 70.1 Å². The zero-order chi connectivity index (χ0) is 25.4. The van der Waals surface area contributed by atoms with Gasteiger partial charge in [0.2, 0.25) is 0 Å². The van der Waals surface area contributed by atoms with E-state index in [4.69, 9.17) is 9.47 Å². The highest BCUT2D eigenvalue weighted by molar-refractivity contribution is 9.10. The van der Waals surface area contributed by atoms with Gasteiger partial charge in [-0.1, -0.05) is 64.4 Å². The van der Waals surface area contributed by atoms with Crippen LogP contribution in [0.25, 0.3) is 0 Å². The zero-order valence-corrected chi connectivity index (χ0v) is 24.0. The van der Waals surface area contributed by atoms with Crippen LogP contribution in [0.4, 0.5) is 0 Å². The van der Waals surface area contributed by atoms with Gasteiger partial charge in [0.15, 0.2) is 5.78 Å². The molecule has 0 aliphatic carbocycles. The number of ketones is 1. The monoisotopic (exact) mass is 532 g/mol. The Hall–Kier alpha value is -0.0100. The zero-order valence-electron chi connectivity index (χ0n) is 22.4. The fraction of sp³-hybridized carbons (Fsp3) is 0.963. The molecule has 2 fully saturated rings. The molecule has 0 bridgehead atoms. The average Bonchev–Trinajstić information content (AvgIpc) is 3.12. The van der Waals surface area contributed by atoms with E-state index >= 15 is 0 Å². The molecule has 2 N–H and O–H groups in total. The molecule has 9 unspecified atom stereocenters. The van der Waals surface area contributed by atoms with Gasteiger partial charge in [0.25, 0.3) is 0 Å². The number of ether oxygens (including phenoxy) is 2. The molecule has 0 spiro atoms. The Balaban J connectivity index is 2.27. The van der Waals surface area contributed by atoms with Gasteiger partial charge in [0.05, 0.1) is 35.6 Å². The van der Waals surface area contributed by atoms with Crippen LogP contribution in [0.15, 0.2) is 0 Å². The van der Waals surface area contributed by atoms with E-state index in [0.29, 0.717) is 19.3 Å². The predicted octanol–water partition coefficient (Wildman–Crippen LogP) is 5.81. The van der Waals surface area contributed by atoms with Gasteiger partial charge in [-0.15, -0.1) is 0 Å². The summed E-state index contributed by atoms with van der Waals surface area (Å²) >= 11 is 3.64. The average molecular weight is 534 g/mol. The van der Waals surface area contributed by atoms with Crippen molar-refractivity contribution in [3.05, 3.63) is 0 Å². The Morgan fingerprint density at radius 2 is 1.76 bits per heavy atom. The van der Waals surface area contributed by atoms with Gasteiger partial charge < -0.3 is 19.7 Å². The van der Waals surface area contributed by atoms with Crippen LogP contribution in [0, 0.1) is 17.3 Å². The number of hydrogen-bond acceptors (Lipinski definition) is 5. The third-order valence-corrected chi connectivity index (χ3v) is 10.0. The smallest absolute Gasteiger partial charge is 0.157 e. The van der Waals surface area contributed by atoms with Gasteiger partial charge >= 0.3 is 0 Å². The lowest BCUT2D eigenvalue weighted by Crippen LogP contribution is -2.56. The molecule has 0 radical (unpaired) electrons. The third kappa shape index (κ3) is 5.40. The van der Waals surface area contributed by atoms with Crippen molar-refractivity contribution in [1.82, 2.24) is 0 Å². The molecular weight excluding hydrogens is 484 g/mol. The van der Waals surface area contributed by atoms with Crippen LogP contribution in [0.5, 0.6) is 0 Å². The number of hydrogen-bond donors (Lipinski definition) is 2. The lowest BCUT2D eigenvalue weighted by Gasteiger charge is -2.47. The van der Waals surface area contributed by atoms with Gasteiger partial charge in [-0.3, -0.25) is 4.79 Å². The first kappa shape index (κ1) is 29.2. The molecule has 194 valence electrons. The second kappa shape index (κ2) is 10.5. The number of carbonyl (C=O) groups is 1. The summed E-state index contributed by atoms with van der Waals surface area (Å²) in [6.07, 6.45) is 3.83. The largest absolute Gasteiger partial charge is 0.391 e. The third-order valence-electron chi connectivity index (χ3n) is 9.18. The summed E-state index contributed by atoms with van der Waals surface area (Å²) in [5, 5.41) is 22.0. The fourth-order valence-electron chi connectivity index (χ4n) is 6.11. The van der Waals surface area contributed by atoms with Crippen molar-refractivity contribution in [2.45, 2.75) is 147 Å². The van der Waals surface area contributed by atoms with E-state index in [1.54, 1.807) is 0 Å². The number of Topliss-reactive ketones (excluding diaryl/α,β-unsaturated/α-hetero) is 1. The van der Waals surface area contributed by atoms with Crippen LogP contribution in [-0.4, -0.2) is 55.9 Å². The minimum absolute atomic E-state index is 0.0149. The molecule has 0 aromatic carbocycles. The van der Waals surface area contributed by atoms with Crippen molar-refractivity contribution in [3.8, 4) is 0 Å². The first-order valence-corrected chi connectivity index (χ1v) is 13.9. The summed E-state index contributed by atoms with van der Waals surface area (Å²) in [7, 11) is 0. The number of rotatable bonds is 10. The maximum Gasteiger partial charge on any atom is 0.157 e. The number of carbonyl (C=O) groups excluding carboxylic acids is 1. The van der Waals surface area contributed by atoms with Crippen LogP contribution in [0.2, 0.25) is 0 Å². The first-order valence-electron chi connectivity index (χ1n) is 13.1. The summed E-state index contributed by atoms with van der Waals surface area (Å²) in [5.41, 5.74) is -1.62. The van der Waals surface area contributed by atoms with Gasteiger partial charge in [-0.25, -0.2) is 0 Å². The standard InChI is InChI=1S/C27H49BrO5/c1-10-19(22(29)25(9,28)23(30)24(7,8)11-2)21-17(5)16-27(13-4,33-21)20-14-15-26(31,12-3)18(6)32-20/h17-21,23,30-31H,10-16H2,1-9H3. The summed E-state index contributed by atoms with van der Waals surface area (Å²) < 4.78 is 12.2. The lowest BCUT2D eigenvalue weighted by atomic mass is 9.72. The van der Waals surface area contributed by atoms with E-state index in [2.05, 4.69) is 29.8 Å². The van der Waals surface area contributed by atoms with Crippen LogP contribution < -0.4 is 0 Å². The highest BCUT2D eigenvalue weighted by Crippen LogP contribution is 2.49. The molecular formula is C27H49BrO5. The SMILES string of the molecule is CCC(C(=O)C(C)(Br)C(O)C(C)(C)CC)C1OC(CC)(C2CCC(O)(CC)C(C)O2)CC1C. The van der Waals surface area contributed by atoms with E-state index in [0.717, 1.165) is 25.7 Å². The van der Waals surface area contributed by atoms with Crippen molar-refractivity contribution in [2.75, 3.05) is 0 Å². The molecule has 0 amide bonds. The van der Waals surface area contributed by atoms with Crippen LogP contribution in [0.3, 0.4) is 0 Å². The summed E-state index contributed by atoms with van der Waals surface area (Å²) in [4.78, 5) is 13.8. The highest BCUT2D eigenvalue weighted by Gasteiger charge is 2.57. The normalized spacial score (nSPS) is 39.2. The van der Waals surface area contributed by atoms with Gasteiger partial charge in [-0.2, -0.15) is 0 Å². The summed E-state index contributed by atoms with van der Waals surface area (Å²) in [6, 6.07) is 0. The second-order valence-electron chi connectivity index (χ2n) is 11.6. The van der Waals surface area contributed by atoms with Crippen LogP contribution in [-0.2, 0) is 14.3 Å². The fourth-order valence-corrected chi connectivity index (χ4v) is 7.02. The number of halogens is 1. The van der Waals surface area contributed by atoms with Crippen molar-refractivity contribution >= 4 is 21.7 Å². The number of aliphatic hydroxyl groups excluding tert-OH is 1. The Morgan fingerprint density at radius 3 is 2.21 bits per heavy atom. The summed E-state index contributed by atoms with van der Waals surface area (Å²) in [5.74, 6) is -0.0980. The topological polar surface area (TPSA) is 76.0 Å². The number of aliphatic hydroxyl groups is 2. The molecule has 6 heteroatoms. The first-order chi connectivity index (χ1) is 15.2. The van der Waals surface area contributed by atoms with Gasteiger partial charge in [0, 0.05) is 5.92 Å². The molecule has 2 aliphatic heterocycles. The van der Waals surface area contributed by atoms with Crippen molar-refractivity contribution in [3.63, 3.8) is 0 Å². The van der Waals surface area contributed by atoms with E-state index in [1.165, 1.54) is 0 Å². The minimum atomic E-state index is -1.04. The molecule has 0 saturated carbocycles. The molecule has 0 aromatic heterocycles. The van der Waals surface area contributed by atoms with E-state index in [1.807, 2.05) is 48.5 Å². The molecule has 2 aliphatic rings. The van der Waals surface area contributed by atoms with E-state index in [9.17, 15) is 15.0 Å². The van der Waals surface area contributed by atoms with E-state index in [-0.39, 0.29) is 41.3 Å². The maximum absolute atomic E-state index is 13.8. The maximum atomic E-state index is 13.8. The van der Waals surface area contributed by atoms with Crippen LogP contribution >= 0.6 is 15.9 Å². The Morgan fingerprint density at radius 1 is 1.15 bits per heavy atom. The predicted molar refractivity (Wildman–Crippen MR) is 137 cm³/mol. The van der Waals surface area contributed by atoms with E-state index < -0.39 is 21.6 Å². The molecule has 5 nitrogen and oxygen atoms in total. The van der Waals surface area contributed by atoms with Crippen molar-refractivity contribution < 1.29 is 24.5 Å². The molecule has 2 rings (SSSR count). The van der Waals surface area contributed by atoms with Crippen molar-refractivity contribution in [1.29, 1.82) is 0 Å². The van der Waals surface area contributed by atoms with Crippen LogP contribution in [0.1, 0.15) is 107 Å². The quantitative estimate of drug-likeness (QED) is 0.347. The van der Waals surface area contributed by atoms with Gasteiger partial charge in [0.1, 0.15) is 4.32 Å². The minimum Gasteiger partial charge on any atom is -0.391 e. The Kier molecular flexibility index (Phi) is 9.33. The summed E-state index contributed by atoms with van der Waals surface area (Å²) in [6.45, 7) is 18.2. The molecule has 0 aromatic rings. The molecule has 2 saturated heterocycles. The molecule has 9 atom stereocenters. The number of alkyl halides is 1. The Labute approximate surface area is 210 Å². The molecule has 33 heavy (non-hydrogen) atoms. The second-order valence-corrected chi connectivity index (χ2v) is 13.3.